The number of hydrogen-bond acceptors (Lipinski definition) is 2. The van der Waals surface area contributed by atoms with Gasteiger partial charge < -0.3 is 0 Å². The van der Waals surface area contributed by atoms with Crippen LogP contribution >= 0.6 is 15.9 Å². The lowest BCUT2D eigenvalue weighted by Gasteiger charge is -2.03. The summed E-state index contributed by atoms with van der Waals surface area (Å²) < 4.78 is 0.845. The van der Waals surface area contributed by atoms with Crippen molar-refractivity contribution in [3.63, 3.8) is 0 Å². The summed E-state index contributed by atoms with van der Waals surface area (Å²) in [5, 5.41) is 10.8. The van der Waals surface area contributed by atoms with E-state index < -0.39 is 0 Å². The Labute approximate surface area is 90.5 Å². The molecule has 14 heavy (non-hydrogen) atoms. The van der Waals surface area contributed by atoms with E-state index in [1.54, 1.807) is 0 Å². The van der Waals surface area contributed by atoms with Crippen molar-refractivity contribution in [1.82, 2.24) is 10.2 Å². The van der Waals surface area contributed by atoms with E-state index in [4.69, 9.17) is 0 Å². The zero-order valence-corrected chi connectivity index (χ0v) is 9.16. The smallest absolute Gasteiger partial charge is 0.136 e. The molecule has 2 nitrogen and oxygen atoms in total. The molecule has 3 rings (SSSR count). The molecule has 70 valence electrons. The average Bonchev–Trinajstić information content (AvgIpc) is 3.03. The molecule has 0 bridgehead atoms. The normalized spacial score (nSPS) is 16.1. The highest BCUT2D eigenvalue weighted by atomic mass is 79.9. The van der Waals surface area contributed by atoms with E-state index in [0.29, 0.717) is 5.92 Å². The second-order valence-electron chi connectivity index (χ2n) is 3.70. The summed E-state index contributed by atoms with van der Waals surface area (Å²) in [6.07, 6.45) is 2.53. The lowest BCUT2D eigenvalue weighted by Crippen LogP contribution is -1.93. The highest BCUT2D eigenvalue weighted by Crippen LogP contribution is 2.42. The molecule has 1 heterocycles. The Morgan fingerprint density at radius 3 is 2.50 bits per heavy atom. The van der Waals surface area contributed by atoms with E-state index in [-0.39, 0.29) is 0 Å². The molecule has 1 saturated carbocycles. The van der Waals surface area contributed by atoms with Crippen LogP contribution in [0.3, 0.4) is 0 Å². The zero-order chi connectivity index (χ0) is 9.54. The van der Waals surface area contributed by atoms with Crippen LogP contribution in [0.25, 0.3) is 10.8 Å². The number of halogens is 1. The Morgan fingerprint density at radius 1 is 1.07 bits per heavy atom. The first-order chi connectivity index (χ1) is 6.86. The van der Waals surface area contributed by atoms with Crippen molar-refractivity contribution in [2.24, 2.45) is 0 Å². The van der Waals surface area contributed by atoms with E-state index in [1.807, 2.05) is 6.07 Å². The molecule has 0 spiro atoms. The summed E-state index contributed by atoms with van der Waals surface area (Å²) in [5.74, 6) is 0.653. The van der Waals surface area contributed by atoms with Gasteiger partial charge in [0.2, 0.25) is 0 Å². The predicted octanol–water partition coefficient (Wildman–Crippen LogP) is 3.27. The van der Waals surface area contributed by atoms with E-state index in [1.165, 1.54) is 29.3 Å². The summed E-state index contributed by atoms with van der Waals surface area (Å²) in [4.78, 5) is 0. The second-order valence-corrected chi connectivity index (χ2v) is 4.45. The van der Waals surface area contributed by atoms with Crippen molar-refractivity contribution < 1.29 is 0 Å². The Balaban J connectivity index is 2.35. The summed E-state index contributed by atoms with van der Waals surface area (Å²) in [6, 6.07) is 8.30. The first-order valence-electron chi connectivity index (χ1n) is 4.77. The highest BCUT2D eigenvalue weighted by molar-refractivity contribution is 9.10. The van der Waals surface area contributed by atoms with Crippen LogP contribution in [-0.2, 0) is 0 Å². The molecular weight excluding hydrogens is 240 g/mol. The summed E-state index contributed by atoms with van der Waals surface area (Å²) in [5.41, 5.74) is 1.17. The van der Waals surface area contributed by atoms with Crippen molar-refractivity contribution in [2.75, 3.05) is 0 Å². The van der Waals surface area contributed by atoms with Gasteiger partial charge in [-0.1, -0.05) is 24.3 Å². The van der Waals surface area contributed by atoms with Crippen LogP contribution in [0, 0.1) is 0 Å². The number of aromatic nitrogens is 2. The molecule has 3 heteroatoms. The molecule has 2 aromatic rings. The maximum absolute atomic E-state index is 4.27. The van der Waals surface area contributed by atoms with Crippen LogP contribution in [-0.4, -0.2) is 10.2 Å². The lowest BCUT2D eigenvalue weighted by molar-refractivity contribution is 0.919. The Morgan fingerprint density at radius 2 is 1.79 bits per heavy atom. The van der Waals surface area contributed by atoms with Crippen molar-refractivity contribution in [3.8, 4) is 0 Å². The van der Waals surface area contributed by atoms with Crippen LogP contribution in [0.15, 0.2) is 28.9 Å². The van der Waals surface area contributed by atoms with Crippen molar-refractivity contribution in [1.29, 1.82) is 0 Å². The summed E-state index contributed by atoms with van der Waals surface area (Å²) in [6.45, 7) is 0. The first-order valence-corrected chi connectivity index (χ1v) is 5.56. The lowest BCUT2D eigenvalue weighted by atomic mass is 10.1. The van der Waals surface area contributed by atoms with Gasteiger partial charge in [0.05, 0.1) is 5.69 Å². The van der Waals surface area contributed by atoms with Crippen molar-refractivity contribution >= 4 is 26.7 Å². The molecule has 1 aromatic carbocycles. The highest BCUT2D eigenvalue weighted by Gasteiger charge is 2.27. The predicted molar refractivity (Wildman–Crippen MR) is 59.2 cm³/mol. The van der Waals surface area contributed by atoms with Gasteiger partial charge in [0.1, 0.15) is 4.60 Å². The number of benzene rings is 1. The summed E-state index contributed by atoms with van der Waals surface area (Å²) in [7, 11) is 0. The Bertz CT molecular complexity index is 492. The molecule has 1 fully saturated rings. The number of fused-ring (bicyclic) bond motifs is 1. The maximum atomic E-state index is 4.27. The van der Waals surface area contributed by atoms with Gasteiger partial charge in [-0.15, -0.1) is 5.10 Å². The zero-order valence-electron chi connectivity index (χ0n) is 7.57. The van der Waals surface area contributed by atoms with Gasteiger partial charge in [-0.25, -0.2) is 0 Å². The third kappa shape index (κ3) is 1.23. The first kappa shape index (κ1) is 8.36. The molecule has 0 amide bonds. The fourth-order valence-electron chi connectivity index (χ4n) is 1.75. The van der Waals surface area contributed by atoms with Gasteiger partial charge in [0, 0.05) is 16.7 Å². The van der Waals surface area contributed by atoms with Crippen LogP contribution in [0.2, 0.25) is 0 Å². The van der Waals surface area contributed by atoms with Crippen LogP contribution in [0.5, 0.6) is 0 Å². The largest absolute Gasteiger partial charge is 0.154 e. The standard InChI is InChI=1S/C11H9BrN2/c12-11-9-4-2-1-3-8(9)10(13-14-11)7-5-6-7/h1-4,7H,5-6H2. The molecular formula is C11H9BrN2. The van der Waals surface area contributed by atoms with E-state index in [9.17, 15) is 0 Å². The van der Waals surface area contributed by atoms with Crippen molar-refractivity contribution in [3.05, 3.63) is 34.6 Å². The minimum absolute atomic E-state index is 0.653. The fraction of sp³-hybridized carbons (Fsp3) is 0.273. The second kappa shape index (κ2) is 3.02. The van der Waals surface area contributed by atoms with Gasteiger partial charge in [0.15, 0.2) is 0 Å². The monoisotopic (exact) mass is 248 g/mol. The average molecular weight is 249 g/mol. The molecule has 1 aromatic heterocycles. The fourth-order valence-corrected chi connectivity index (χ4v) is 2.18. The molecule has 0 radical (unpaired) electrons. The van der Waals surface area contributed by atoms with Gasteiger partial charge in [-0.2, -0.15) is 5.10 Å². The molecule has 0 N–H and O–H groups in total. The number of nitrogens with zero attached hydrogens (tertiary/aromatic N) is 2. The minimum atomic E-state index is 0.653. The number of rotatable bonds is 1. The molecule has 0 saturated heterocycles. The molecule has 1 aliphatic rings. The number of hydrogen-bond donors (Lipinski definition) is 0. The Kier molecular flexibility index (Phi) is 1.80. The van der Waals surface area contributed by atoms with Gasteiger partial charge in [-0.05, 0) is 28.8 Å². The minimum Gasteiger partial charge on any atom is -0.154 e. The SMILES string of the molecule is Brc1nnc(C2CC2)c2ccccc12. The molecule has 1 aliphatic carbocycles. The van der Waals surface area contributed by atoms with Crippen molar-refractivity contribution in [2.45, 2.75) is 18.8 Å². The van der Waals surface area contributed by atoms with Crippen LogP contribution in [0.4, 0.5) is 0 Å². The van der Waals surface area contributed by atoms with Gasteiger partial charge >= 0.3 is 0 Å². The maximum Gasteiger partial charge on any atom is 0.136 e. The summed E-state index contributed by atoms with van der Waals surface area (Å²) >= 11 is 3.43. The van der Waals surface area contributed by atoms with Crippen LogP contribution < -0.4 is 0 Å². The molecule has 0 aliphatic heterocycles. The Hall–Kier alpha value is -0.960. The van der Waals surface area contributed by atoms with E-state index >= 15 is 0 Å². The van der Waals surface area contributed by atoms with Crippen LogP contribution in [0.1, 0.15) is 24.5 Å². The van der Waals surface area contributed by atoms with E-state index in [0.717, 1.165) is 4.60 Å². The topological polar surface area (TPSA) is 25.8 Å². The van der Waals surface area contributed by atoms with Gasteiger partial charge in [0.25, 0.3) is 0 Å². The quantitative estimate of drug-likeness (QED) is 0.775. The third-order valence-corrected chi connectivity index (χ3v) is 3.22. The van der Waals surface area contributed by atoms with Gasteiger partial charge in [-0.3, -0.25) is 0 Å². The van der Waals surface area contributed by atoms with E-state index in [2.05, 4.69) is 44.3 Å². The molecule has 0 unspecified atom stereocenters. The third-order valence-electron chi connectivity index (χ3n) is 2.63. The molecule has 0 atom stereocenters.